The summed E-state index contributed by atoms with van der Waals surface area (Å²) in [7, 11) is 0. The van der Waals surface area contributed by atoms with Crippen molar-refractivity contribution >= 4 is 29.2 Å². The zero-order chi connectivity index (χ0) is 21.0. The summed E-state index contributed by atoms with van der Waals surface area (Å²) in [5.41, 5.74) is 2.62. The number of hydrogen-bond donors (Lipinski definition) is 0. The summed E-state index contributed by atoms with van der Waals surface area (Å²) < 4.78 is 5.28. The SMILES string of the molecule is Cc1ccc(N2C[C@H](C(=O)OCC(=O)N(c3ccccc3)C(C)C)CC2=O)cc1. The minimum atomic E-state index is -0.569. The van der Waals surface area contributed by atoms with Crippen LogP contribution in [0.25, 0.3) is 0 Å². The second kappa shape index (κ2) is 8.90. The number of ether oxygens (including phenoxy) is 1. The van der Waals surface area contributed by atoms with Crippen molar-refractivity contribution in [2.24, 2.45) is 5.92 Å². The van der Waals surface area contributed by atoms with Crippen LogP contribution in [0.1, 0.15) is 25.8 Å². The van der Waals surface area contributed by atoms with Crippen LogP contribution in [0.3, 0.4) is 0 Å². The Kier molecular flexibility index (Phi) is 6.32. The van der Waals surface area contributed by atoms with Gasteiger partial charge in [-0.05, 0) is 45.0 Å². The third-order valence-electron chi connectivity index (χ3n) is 4.96. The van der Waals surface area contributed by atoms with Crippen molar-refractivity contribution in [2.45, 2.75) is 33.2 Å². The van der Waals surface area contributed by atoms with Gasteiger partial charge >= 0.3 is 5.97 Å². The van der Waals surface area contributed by atoms with Crippen LogP contribution in [0.4, 0.5) is 11.4 Å². The molecule has 0 spiro atoms. The highest BCUT2D eigenvalue weighted by Crippen LogP contribution is 2.26. The number of benzene rings is 2. The Hall–Kier alpha value is -3.15. The minimum absolute atomic E-state index is 0.0753. The van der Waals surface area contributed by atoms with Gasteiger partial charge in [0.25, 0.3) is 5.91 Å². The van der Waals surface area contributed by atoms with E-state index in [4.69, 9.17) is 4.74 Å². The van der Waals surface area contributed by atoms with Gasteiger partial charge in [0.15, 0.2) is 6.61 Å². The first-order valence-corrected chi connectivity index (χ1v) is 9.77. The summed E-state index contributed by atoms with van der Waals surface area (Å²) in [4.78, 5) is 40.7. The van der Waals surface area contributed by atoms with E-state index in [-0.39, 0.29) is 37.4 Å². The lowest BCUT2D eigenvalue weighted by molar-refractivity contribution is -0.151. The highest BCUT2D eigenvalue weighted by molar-refractivity contribution is 6.00. The van der Waals surface area contributed by atoms with Crippen LogP contribution in [0.5, 0.6) is 0 Å². The first-order valence-electron chi connectivity index (χ1n) is 9.77. The van der Waals surface area contributed by atoms with Gasteiger partial charge in [0, 0.05) is 30.4 Å². The Balaban J connectivity index is 1.59. The Morgan fingerprint density at radius 1 is 1.10 bits per heavy atom. The molecule has 0 radical (unpaired) electrons. The molecule has 6 nitrogen and oxygen atoms in total. The van der Waals surface area contributed by atoms with E-state index in [1.807, 2.05) is 75.4 Å². The monoisotopic (exact) mass is 394 g/mol. The van der Waals surface area contributed by atoms with Crippen molar-refractivity contribution < 1.29 is 19.1 Å². The van der Waals surface area contributed by atoms with Crippen molar-refractivity contribution in [1.82, 2.24) is 0 Å². The van der Waals surface area contributed by atoms with Gasteiger partial charge in [0.05, 0.1) is 5.92 Å². The van der Waals surface area contributed by atoms with E-state index in [9.17, 15) is 14.4 Å². The molecule has 0 bridgehead atoms. The number of para-hydroxylation sites is 1. The van der Waals surface area contributed by atoms with E-state index in [0.717, 1.165) is 16.9 Å². The van der Waals surface area contributed by atoms with E-state index < -0.39 is 11.9 Å². The first kappa shape index (κ1) is 20.6. The van der Waals surface area contributed by atoms with Crippen LogP contribution in [-0.2, 0) is 19.1 Å². The van der Waals surface area contributed by atoms with Crippen LogP contribution < -0.4 is 9.80 Å². The Labute approximate surface area is 171 Å². The number of esters is 1. The summed E-state index contributed by atoms with van der Waals surface area (Å²) in [5, 5.41) is 0. The fourth-order valence-corrected chi connectivity index (χ4v) is 3.48. The Morgan fingerprint density at radius 2 is 1.76 bits per heavy atom. The molecule has 152 valence electrons. The van der Waals surface area contributed by atoms with Crippen LogP contribution in [0, 0.1) is 12.8 Å². The molecular formula is C23H26N2O4. The zero-order valence-corrected chi connectivity index (χ0v) is 17.0. The second-order valence-electron chi connectivity index (χ2n) is 7.54. The fourth-order valence-electron chi connectivity index (χ4n) is 3.48. The summed E-state index contributed by atoms with van der Waals surface area (Å²) >= 11 is 0. The average Bonchev–Trinajstić information content (AvgIpc) is 3.09. The third-order valence-corrected chi connectivity index (χ3v) is 4.96. The molecule has 29 heavy (non-hydrogen) atoms. The fraction of sp³-hybridized carbons (Fsp3) is 0.348. The van der Waals surface area contributed by atoms with E-state index in [2.05, 4.69) is 0 Å². The molecule has 3 rings (SSSR count). The lowest BCUT2D eigenvalue weighted by Crippen LogP contribution is -2.40. The normalized spacial score (nSPS) is 16.2. The lowest BCUT2D eigenvalue weighted by Gasteiger charge is -2.26. The molecule has 1 fully saturated rings. The topological polar surface area (TPSA) is 66.9 Å². The molecule has 0 N–H and O–H groups in total. The molecule has 0 aliphatic carbocycles. The van der Waals surface area contributed by atoms with Gasteiger partial charge in [-0.25, -0.2) is 0 Å². The van der Waals surface area contributed by atoms with Crippen molar-refractivity contribution in [3.05, 3.63) is 60.2 Å². The maximum Gasteiger partial charge on any atom is 0.311 e. The van der Waals surface area contributed by atoms with Crippen LogP contribution >= 0.6 is 0 Å². The van der Waals surface area contributed by atoms with E-state index >= 15 is 0 Å². The maximum atomic E-state index is 12.7. The molecule has 1 aliphatic rings. The highest BCUT2D eigenvalue weighted by atomic mass is 16.5. The molecule has 0 unspecified atom stereocenters. The van der Waals surface area contributed by atoms with Crippen molar-refractivity contribution in [3.63, 3.8) is 0 Å². The molecule has 6 heteroatoms. The summed E-state index contributed by atoms with van der Waals surface area (Å²) in [6.45, 7) is 5.70. The third kappa shape index (κ3) is 4.83. The maximum absolute atomic E-state index is 12.7. The first-order chi connectivity index (χ1) is 13.9. The quantitative estimate of drug-likeness (QED) is 0.705. The van der Waals surface area contributed by atoms with Crippen molar-refractivity contribution in [2.75, 3.05) is 23.0 Å². The number of hydrogen-bond acceptors (Lipinski definition) is 4. The standard InChI is InChI=1S/C23H26N2O4/c1-16(2)25(20-7-5-4-6-8-20)22(27)15-29-23(28)18-13-21(26)24(14-18)19-11-9-17(3)10-12-19/h4-12,16,18H,13-15H2,1-3H3/t18-/m1/s1. The Bertz CT molecular complexity index is 878. The lowest BCUT2D eigenvalue weighted by atomic mass is 10.1. The summed E-state index contributed by atoms with van der Waals surface area (Å²) in [5.74, 6) is -1.49. The molecule has 2 aromatic carbocycles. The van der Waals surface area contributed by atoms with Crippen molar-refractivity contribution in [3.8, 4) is 0 Å². The van der Waals surface area contributed by atoms with Gasteiger partial charge in [-0.15, -0.1) is 0 Å². The molecule has 2 aromatic rings. The van der Waals surface area contributed by atoms with Gasteiger partial charge in [0.1, 0.15) is 0 Å². The minimum Gasteiger partial charge on any atom is -0.455 e. The molecule has 1 aliphatic heterocycles. The van der Waals surface area contributed by atoms with Gasteiger partial charge in [0.2, 0.25) is 5.91 Å². The molecule has 1 heterocycles. The highest BCUT2D eigenvalue weighted by Gasteiger charge is 2.36. The van der Waals surface area contributed by atoms with Gasteiger partial charge in [-0.2, -0.15) is 0 Å². The van der Waals surface area contributed by atoms with Crippen LogP contribution in [0.15, 0.2) is 54.6 Å². The zero-order valence-electron chi connectivity index (χ0n) is 17.0. The predicted octanol–water partition coefficient (Wildman–Crippen LogP) is 3.33. The molecule has 2 amide bonds. The van der Waals surface area contributed by atoms with E-state index in [1.54, 1.807) is 9.80 Å². The summed E-state index contributed by atoms with van der Waals surface area (Å²) in [6.07, 6.45) is 0.0908. The van der Waals surface area contributed by atoms with Gasteiger partial charge in [-0.3, -0.25) is 14.4 Å². The second-order valence-corrected chi connectivity index (χ2v) is 7.54. The number of nitrogens with zero attached hydrogens (tertiary/aromatic N) is 2. The van der Waals surface area contributed by atoms with Gasteiger partial charge in [-0.1, -0.05) is 35.9 Å². The van der Waals surface area contributed by atoms with Crippen LogP contribution in [-0.4, -0.2) is 37.0 Å². The number of aryl methyl sites for hydroxylation is 1. The smallest absolute Gasteiger partial charge is 0.311 e. The summed E-state index contributed by atoms with van der Waals surface area (Å²) in [6, 6.07) is 16.8. The predicted molar refractivity (Wildman–Crippen MR) is 112 cm³/mol. The molecule has 0 saturated carbocycles. The largest absolute Gasteiger partial charge is 0.455 e. The van der Waals surface area contributed by atoms with Crippen LogP contribution in [0.2, 0.25) is 0 Å². The molecular weight excluding hydrogens is 368 g/mol. The number of carbonyl (C=O) groups is 3. The van der Waals surface area contributed by atoms with E-state index in [1.165, 1.54) is 0 Å². The molecule has 0 aromatic heterocycles. The average molecular weight is 394 g/mol. The number of rotatable bonds is 6. The van der Waals surface area contributed by atoms with Gasteiger partial charge < -0.3 is 14.5 Å². The Morgan fingerprint density at radius 3 is 2.38 bits per heavy atom. The number of amides is 2. The van der Waals surface area contributed by atoms with E-state index in [0.29, 0.717) is 0 Å². The number of carbonyl (C=O) groups excluding carboxylic acids is 3. The van der Waals surface area contributed by atoms with Crippen molar-refractivity contribution in [1.29, 1.82) is 0 Å². The number of anilines is 2. The molecule has 1 atom stereocenters. The molecule has 1 saturated heterocycles.